The lowest BCUT2D eigenvalue weighted by Gasteiger charge is -2.17. The normalized spacial score (nSPS) is 11.8. The lowest BCUT2D eigenvalue weighted by Crippen LogP contribution is -2.32. The molecule has 1 N–H and O–H groups in total. The second kappa shape index (κ2) is 5.56. The Balaban J connectivity index is 2.28. The van der Waals surface area contributed by atoms with Crippen molar-refractivity contribution in [3.8, 4) is 0 Å². The zero-order valence-corrected chi connectivity index (χ0v) is 13.2. The van der Waals surface area contributed by atoms with E-state index >= 15 is 0 Å². The Morgan fingerprint density at radius 1 is 1.47 bits per heavy atom. The number of halogens is 1. The number of hydrogen-bond donors (Lipinski definition) is 1. The summed E-state index contributed by atoms with van der Waals surface area (Å²) in [5.41, 5.74) is 1.33. The summed E-state index contributed by atoms with van der Waals surface area (Å²) in [7, 11) is -1.24. The van der Waals surface area contributed by atoms with Gasteiger partial charge in [0.15, 0.2) is 5.65 Å². The number of aromatic nitrogens is 2. The molecule has 0 amide bonds. The fraction of sp³-hybridized carbons (Fsp3) is 0.417. The van der Waals surface area contributed by atoms with E-state index in [1.165, 1.54) is 0 Å². The van der Waals surface area contributed by atoms with Crippen LogP contribution in [0.5, 0.6) is 0 Å². The molecule has 0 aliphatic carbocycles. The van der Waals surface area contributed by atoms with Crippen LogP contribution in [0.4, 0.5) is 0 Å². The molecule has 0 bridgehead atoms. The molecule has 0 saturated heterocycles. The fourth-order valence-corrected chi connectivity index (χ4v) is 2.69. The van der Waals surface area contributed by atoms with Gasteiger partial charge < -0.3 is 9.86 Å². The third-order valence-electron chi connectivity index (χ3n) is 2.91. The van der Waals surface area contributed by atoms with Gasteiger partial charge in [-0.15, -0.1) is 0 Å². The minimum atomic E-state index is -1.14. The first-order chi connectivity index (χ1) is 8.92. The molecule has 0 atom stereocenters. The van der Waals surface area contributed by atoms with E-state index in [1.807, 2.05) is 6.07 Å². The van der Waals surface area contributed by atoms with E-state index in [1.54, 1.807) is 17.0 Å². The highest BCUT2D eigenvalue weighted by Crippen LogP contribution is 2.20. The molecule has 19 heavy (non-hydrogen) atoms. The molecule has 0 unspecified atom stereocenters. The van der Waals surface area contributed by atoms with Gasteiger partial charge in [0.1, 0.15) is 6.61 Å². The lowest BCUT2D eigenvalue weighted by molar-refractivity contribution is 0.136. The Bertz CT molecular complexity index is 583. The van der Waals surface area contributed by atoms with Gasteiger partial charge >= 0.3 is 7.48 Å². The van der Waals surface area contributed by atoms with E-state index in [0.717, 1.165) is 11.4 Å². The standard InChI is InChI=1S/C12H18BClN2O2Si/c1-19(2,3)7-6-18-16-11(13-17)8-9-10(14)4-5-15-12(9)16/h4-5,8,13,17H,6-7H2,1-3H3. The molecule has 102 valence electrons. The van der Waals surface area contributed by atoms with Gasteiger partial charge in [-0.25, -0.2) is 4.98 Å². The van der Waals surface area contributed by atoms with Crippen LogP contribution >= 0.6 is 11.6 Å². The molecule has 7 heteroatoms. The molecule has 2 aromatic heterocycles. The predicted molar refractivity (Wildman–Crippen MR) is 83.3 cm³/mol. The van der Waals surface area contributed by atoms with Crippen LogP contribution in [0.25, 0.3) is 11.0 Å². The molecule has 2 aromatic rings. The number of hydrogen-bond acceptors (Lipinski definition) is 3. The summed E-state index contributed by atoms with van der Waals surface area (Å²) in [5, 5.41) is 10.8. The maximum atomic E-state index is 9.41. The molecular weight excluding hydrogens is 278 g/mol. The third-order valence-corrected chi connectivity index (χ3v) is 4.95. The summed E-state index contributed by atoms with van der Waals surface area (Å²) < 4.78 is 1.60. The first-order valence-electron chi connectivity index (χ1n) is 6.31. The van der Waals surface area contributed by atoms with E-state index in [9.17, 15) is 5.02 Å². The van der Waals surface area contributed by atoms with Crippen LogP contribution in [0.1, 0.15) is 0 Å². The highest BCUT2D eigenvalue weighted by Gasteiger charge is 2.16. The quantitative estimate of drug-likeness (QED) is 0.849. The average Bonchev–Trinajstić information content (AvgIpc) is 2.68. The Morgan fingerprint density at radius 2 is 2.21 bits per heavy atom. The second-order valence-corrected chi connectivity index (χ2v) is 11.8. The maximum Gasteiger partial charge on any atom is 0.327 e. The number of rotatable bonds is 5. The van der Waals surface area contributed by atoms with Crippen molar-refractivity contribution in [3.63, 3.8) is 0 Å². The van der Waals surface area contributed by atoms with Crippen LogP contribution in [0.15, 0.2) is 18.3 Å². The van der Waals surface area contributed by atoms with Crippen molar-refractivity contribution in [2.45, 2.75) is 25.7 Å². The van der Waals surface area contributed by atoms with Gasteiger partial charge in [0.25, 0.3) is 0 Å². The minimum Gasteiger partial charge on any atom is -0.448 e. The van der Waals surface area contributed by atoms with Crippen molar-refractivity contribution in [2.24, 2.45) is 0 Å². The smallest absolute Gasteiger partial charge is 0.327 e. The molecule has 4 nitrogen and oxygen atoms in total. The molecule has 0 saturated carbocycles. The van der Waals surface area contributed by atoms with Crippen molar-refractivity contribution < 1.29 is 9.86 Å². The zero-order chi connectivity index (χ0) is 14.0. The van der Waals surface area contributed by atoms with Crippen molar-refractivity contribution in [2.75, 3.05) is 6.61 Å². The SMILES string of the molecule is C[Si](C)(C)CCOn1c(BO)cc2c(Cl)ccnc21. The van der Waals surface area contributed by atoms with Gasteiger partial charge in [0, 0.05) is 19.7 Å². The number of pyridine rings is 1. The Morgan fingerprint density at radius 3 is 2.84 bits per heavy atom. The molecular formula is C12H18BClN2O2Si. The second-order valence-electron chi connectivity index (χ2n) is 5.76. The van der Waals surface area contributed by atoms with E-state index in [0.29, 0.717) is 22.9 Å². The summed E-state index contributed by atoms with van der Waals surface area (Å²) >= 11 is 6.12. The van der Waals surface area contributed by atoms with Crippen molar-refractivity contribution >= 4 is 43.8 Å². The largest absolute Gasteiger partial charge is 0.448 e. The van der Waals surface area contributed by atoms with Gasteiger partial charge in [-0.1, -0.05) is 31.2 Å². The highest BCUT2D eigenvalue weighted by molar-refractivity contribution is 6.76. The first kappa shape index (κ1) is 14.4. The van der Waals surface area contributed by atoms with Gasteiger partial charge in [-0.05, 0) is 18.2 Å². The van der Waals surface area contributed by atoms with Crippen LogP contribution in [-0.4, -0.2) is 36.9 Å². The van der Waals surface area contributed by atoms with E-state index in [4.69, 9.17) is 16.4 Å². The van der Waals surface area contributed by atoms with Gasteiger partial charge in [0.2, 0.25) is 0 Å². The molecule has 0 aliphatic rings. The summed E-state index contributed by atoms with van der Waals surface area (Å²) in [4.78, 5) is 10.1. The van der Waals surface area contributed by atoms with Crippen molar-refractivity contribution in [1.82, 2.24) is 9.71 Å². The maximum absolute atomic E-state index is 9.41. The Kier molecular flexibility index (Phi) is 4.23. The fourth-order valence-electron chi connectivity index (χ4n) is 1.79. The van der Waals surface area contributed by atoms with Crippen LogP contribution in [-0.2, 0) is 0 Å². The lowest BCUT2D eigenvalue weighted by atomic mass is 9.96. The summed E-state index contributed by atoms with van der Waals surface area (Å²) in [6.45, 7) is 7.52. The Hall–Kier alpha value is -0.978. The number of nitrogens with zero attached hydrogens (tertiary/aromatic N) is 2. The van der Waals surface area contributed by atoms with Crippen molar-refractivity contribution in [1.29, 1.82) is 0 Å². The van der Waals surface area contributed by atoms with E-state index in [-0.39, 0.29) is 7.48 Å². The van der Waals surface area contributed by atoms with Crippen LogP contribution in [0.2, 0.25) is 30.7 Å². The van der Waals surface area contributed by atoms with Crippen LogP contribution in [0.3, 0.4) is 0 Å². The molecule has 0 fully saturated rings. The number of fused-ring (bicyclic) bond motifs is 1. The van der Waals surface area contributed by atoms with E-state index < -0.39 is 8.07 Å². The van der Waals surface area contributed by atoms with Crippen molar-refractivity contribution in [3.05, 3.63) is 23.4 Å². The zero-order valence-electron chi connectivity index (χ0n) is 11.5. The summed E-state index contributed by atoms with van der Waals surface area (Å²) in [6.07, 6.45) is 1.64. The molecule has 2 heterocycles. The van der Waals surface area contributed by atoms with Crippen LogP contribution in [0, 0.1) is 0 Å². The molecule has 0 spiro atoms. The molecule has 0 radical (unpaired) electrons. The van der Waals surface area contributed by atoms with Gasteiger partial charge in [0.05, 0.1) is 10.6 Å². The highest BCUT2D eigenvalue weighted by atomic mass is 35.5. The minimum absolute atomic E-state index is 0.0976. The molecule has 0 aliphatic heterocycles. The third kappa shape index (κ3) is 3.32. The monoisotopic (exact) mass is 296 g/mol. The predicted octanol–water partition coefficient (Wildman–Crippen LogP) is 1.43. The average molecular weight is 297 g/mol. The first-order valence-corrected chi connectivity index (χ1v) is 10.4. The molecule has 0 aromatic carbocycles. The molecule has 2 rings (SSSR count). The van der Waals surface area contributed by atoms with Gasteiger partial charge in [-0.2, -0.15) is 4.73 Å². The van der Waals surface area contributed by atoms with Crippen LogP contribution < -0.4 is 10.4 Å². The van der Waals surface area contributed by atoms with Gasteiger partial charge in [-0.3, -0.25) is 0 Å². The topological polar surface area (TPSA) is 47.3 Å². The summed E-state index contributed by atoms with van der Waals surface area (Å²) in [6, 6.07) is 4.61. The summed E-state index contributed by atoms with van der Waals surface area (Å²) in [5.74, 6) is 0. The van der Waals surface area contributed by atoms with E-state index in [2.05, 4.69) is 24.6 Å². The Labute approximate surface area is 119 Å².